The van der Waals surface area contributed by atoms with Crippen LogP contribution < -0.4 is 5.73 Å². The lowest BCUT2D eigenvalue weighted by molar-refractivity contribution is 0.808. The number of hydrogen-bond acceptors (Lipinski definition) is 4. The third-order valence-electron chi connectivity index (χ3n) is 2.71. The third-order valence-corrected chi connectivity index (χ3v) is 2.71. The van der Waals surface area contributed by atoms with Crippen molar-refractivity contribution < 1.29 is 0 Å². The summed E-state index contributed by atoms with van der Waals surface area (Å²) < 4.78 is 1.88. The molecule has 0 fully saturated rings. The number of aromatic amines is 1. The molecule has 0 aliphatic carbocycles. The first-order valence-electron chi connectivity index (χ1n) is 5.55. The molecule has 0 spiro atoms. The van der Waals surface area contributed by atoms with Crippen LogP contribution in [0.1, 0.15) is 5.56 Å². The molecule has 3 N–H and O–H groups in total. The van der Waals surface area contributed by atoms with E-state index in [0.717, 1.165) is 0 Å². The lowest BCUT2D eigenvalue weighted by Crippen LogP contribution is -2.03. The number of imidazole rings is 1. The van der Waals surface area contributed by atoms with Crippen LogP contribution in [0, 0.1) is 0 Å². The molecule has 0 aliphatic heterocycles. The number of nitrogens with zero attached hydrogens (tertiary/aromatic N) is 4. The zero-order valence-corrected chi connectivity index (χ0v) is 9.61. The van der Waals surface area contributed by atoms with Gasteiger partial charge in [-0.25, -0.2) is 9.97 Å². The lowest BCUT2D eigenvalue weighted by atomic mass is 10.2. The molecule has 1 aromatic carbocycles. The van der Waals surface area contributed by atoms with Crippen LogP contribution in [-0.2, 0) is 6.54 Å². The first-order chi connectivity index (χ1) is 8.84. The number of nitrogen functional groups attached to an aromatic ring is 1. The number of anilines is 1. The molecule has 3 aromatic rings. The average molecular weight is 240 g/mol. The highest BCUT2D eigenvalue weighted by Gasteiger charge is 2.12. The molecule has 2 aromatic heterocycles. The second kappa shape index (κ2) is 4.33. The Bertz CT molecular complexity index is 626. The first-order valence-corrected chi connectivity index (χ1v) is 5.55. The molecule has 6 heteroatoms. The Morgan fingerprint density at radius 1 is 1.17 bits per heavy atom. The quantitative estimate of drug-likeness (QED) is 0.722. The number of nitrogens with one attached hydrogen (secondary N) is 1. The third kappa shape index (κ3) is 1.84. The Hall–Kier alpha value is -2.63. The summed E-state index contributed by atoms with van der Waals surface area (Å²) in [6, 6.07) is 10.1. The van der Waals surface area contributed by atoms with E-state index < -0.39 is 0 Å². The summed E-state index contributed by atoms with van der Waals surface area (Å²) in [6.45, 7) is 0.688. The summed E-state index contributed by atoms with van der Waals surface area (Å²) in [6.07, 6.45) is 3.14. The van der Waals surface area contributed by atoms with Crippen LogP contribution in [0.3, 0.4) is 0 Å². The van der Waals surface area contributed by atoms with Crippen molar-refractivity contribution in [3.05, 3.63) is 48.5 Å². The van der Waals surface area contributed by atoms with Crippen LogP contribution in [0.4, 0.5) is 5.82 Å². The van der Waals surface area contributed by atoms with Gasteiger partial charge in [0.1, 0.15) is 17.8 Å². The van der Waals surface area contributed by atoms with Crippen molar-refractivity contribution in [2.75, 3.05) is 5.73 Å². The number of rotatable bonds is 3. The van der Waals surface area contributed by atoms with E-state index in [1.165, 1.54) is 11.9 Å². The molecule has 0 bridgehead atoms. The maximum absolute atomic E-state index is 6.06. The molecule has 0 saturated heterocycles. The molecule has 18 heavy (non-hydrogen) atoms. The lowest BCUT2D eigenvalue weighted by Gasteiger charge is -2.05. The Balaban J connectivity index is 1.91. The zero-order chi connectivity index (χ0) is 12.4. The maximum atomic E-state index is 6.06. The standard InChI is InChI=1S/C12H12N6/c13-11-10(12-14-7-16-17-12)15-8-18(11)6-9-4-2-1-3-5-9/h1-5,7-8H,6,13H2,(H,14,16,17). The monoisotopic (exact) mass is 240 g/mol. The fourth-order valence-electron chi connectivity index (χ4n) is 1.80. The zero-order valence-electron chi connectivity index (χ0n) is 9.61. The van der Waals surface area contributed by atoms with E-state index in [-0.39, 0.29) is 0 Å². The number of nitrogens with two attached hydrogens (primary N) is 1. The predicted molar refractivity (Wildman–Crippen MR) is 67.6 cm³/mol. The summed E-state index contributed by atoms with van der Waals surface area (Å²) in [5.74, 6) is 1.16. The molecule has 2 heterocycles. The number of benzene rings is 1. The minimum absolute atomic E-state index is 0.579. The minimum atomic E-state index is 0.579. The molecule has 90 valence electrons. The summed E-state index contributed by atoms with van der Waals surface area (Å²) in [5, 5.41) is 6.55. The van der Waals surface area contributed by atoms with Gasteiger partial charge in [0.05, 0.1) is 12.9 Å². The van der Waals surface area contributed by atoms with Gasteiger partial charge in [-0.05, 0) is 5.56 Å². The molecular formula is C12H12N6. The van der Waals surface area contributed by atoms with Gasteiger partial charge in [0.25, 0.3) is 0 Å². The van der Waals surface area contributed by atoms with E-state index in [1.54, 1.807) is 6.33 Å². The number of hydrogen-bond donors (Lipinski definition) is 2. The van der Waals surface area contributed by atoms with Gasteiger partial charge in [-0.2, -0.15) is 5.10 Å². The molecule has 6 nitrogen and oxygen atoms in total. The Labute approximate surface area is 104 Å². The molecule has 0 radical (unpaired) electrons. The van der Waals surface area contributed by atoms with Crippen LogP contribution in [0.2, 0.25) is 0 Å². The molecule has 0 amide bonds. The predicted octanol–water partition coefficient (Wildman–Crippen LogP) is 1.30. The smallest absolute Gasteiger partial charge is 0.177 e. The van der Waals surface area contributed by atoms with Gasteiger partial charge in [0.2, 0.25) is 0 Å². The average Bonchev–Trinajstić information content (AvgIpc) is 3.02. The van der Waals surface area contributed by atoms with Crippen LogP contribution >= 0.6 is 0 Å². The fraction of sp³-hybridized carbons (Fsp3) is 0.0833. The van der Waals surface area contributed by atoms with Gasteiger partial charge in [-0.15, -0.1) is 0 Å². The topological polar surface area (TPSA) is 85.4 Å². The summed E-state index contributed by atoms with van der Waals surface area (Å²) in [5.41, 5.74) is 7.86. The first kappa shape index (κ1) is 10.5. The second-order valence-electron chi connectivity index (χ2n) is 3.93. The summed E-state index contributed by atoms with van der Waals surface area (Å²) >= 11 is 0. The SMILES string of the molecule is Nc1c(-c2ncn[nH]2)ncn1Cc1ccccc1. The van der Waals surface area contributed by atoms with Gasteiger partial charge < -0.3 is 10.3 Å². The number of H-pyrrole nitrogens is 1. The van der Waals surface area contributed by atoms with Crippen LogP contribution in [-0.4, -0.2) is 24.7 Å². The van der Waals surface area contributed by atoms with Crippen LogP contribution in [0.5, 0.6) is 0 Å². The number of aromatic nitrogens is 5. The molecule has 0 atom stereocenters. The van der Waals surface area contributed by atoms with Crippen molar-refractivity contribution in [3.8, 4) is 11.5 Å². The van der Waals surface area contributed by atoms with Crippen molar-refractivity contribution in [2.24, 2.45) is 0 Å². The van der Waals surface area contributed by atoms with Crippen molar-refractivity contribution in [1.29, 1.82) is 0 Å². The van der Waals surface area contributed by atoms with Gasteiger partial charge in [-0.3, -0.25) is 5.10 Å². The molecule has 3 rings (SSSR count). The van der Waals surface area contributed by atoms with E-state index in [2.05, 4.69) is 20.2 Å². The maximum Gasteiger partial charge on any atom is 0.177 e. The van der Waals surface area contributed by atoms with Gasteiger partial charge in [-0.1, -0.05) is 30.3 Å². The van der Waals surface area contributed by atoms with Crippen LogP contribution in [0.15, 0.2) is 43.0 Å². The Kier molecular flexibility index (Phi) is 2.53. The van der Waals surface area contributed by atoms with E-state index in [9.17, 15) is 0 Å². The van der Waals surface area contributed by atoms with Crippen molar-refractivity contribution in [2.45, 2.75) is 6.54 Å². The van der Waals surface area contributed by atoms with E-state index in [0.29, 0.717) is 23.9 Å². The van der Waals surface area contributed by atoms with Crippen molar-refractivity contribution >= 4 is 5.82 Å². The molecule has 0 unspecified atom stereocenters. The van der Waals surface area contributed by atoms with Crippen LogP contribution in [0.25, 0.3) is 11.5 Å². The molecule has 0 aliphatic rings. The highest BCUT2D eigenvalue weighted by molar-refractivity contribution is 5.63. The van der Waals surface area contributed by atoms with Crippen molar-refractivity contribution in [1.82, 2.24) is 24.7 Å². The summed E-state index contributed by atoms with van der Waals surface area (Å²) in [7, 11) is 0. The normalized spacial score (nSPS) is 10.7. The second-order valence-corrected chi connectivity index (χ2v) is 3.93. The molecule has 0 saturated carbocycles. The van der Waals surface area contributed by atoms with E-state index >= 15 is 0 Å². The Morgan fingerprint density at radius 3 is 2.72 bits per heavy atom. The molecular weight excluding hydrogens is 228 g/mol. The Morgan fingerprint density at radius 2 is 2.00 bits per heavy atom. The van der Waals surface area contributed by atoms with Crippen molar-refractivity contribution in [3.63, 3.8) is 0 Å². The highest BCUT2D eigenvalue weighted by atomic mass is 15.2. The fourth-order valence-corrected chi connectivity index (χ4v) is 1.80. The van der Waals surface area contributed by atoms with Gasteiger partial charge >= 0.3 is 0 Å². The van der Waals surface area contributed by atoms with Gasteiger partial charge in [0, 0.05) is 0 Å². The van der Waals surface area contributed by atoms with E-state index in [1.807, 2.05) is 34.9 Å². The van der Waals surface area contributed by atoms with Gasteiger partial charge in [0.15, 0.2) is 5.82 Å². The largest absolute Gasteiger partial charge is 0.383 e. The highest BCUT2D eigenvalue weighted by Crippen LogP contribution is 2.20. The summed E-state index contributed by atoms with van der Waals surface area (Å²) in [4.78, 5) is 8.30. The minimum Gasteiger partial charge on any atom is -0.383 e. The van der Waals surface area contributed by atoms with E-state index in [4.69, 9.17) is 5.73 Å².